The maximum absolute atomic E-state index is 6.00. The Morgan fingerprint density at radius 2 is 1.83 bits per heavy atom. The minimum absolute atomic E-state index is 0.448. The smallest absolute Gasteiger partial charge is 0.193 e. The molecule has 4 heteroatoms. The van der Waals surface area contributed by atoms with Crippen molar-refractivity contribution in [1.82, 2.24) is 0 Å². The van der Waals surface area contributed by atoms with Gasteiger partial charge in [0.2, 0.25) is 0 Å². The van der Waals surface area contributed by atoms with Gasteiger partial charge in [0.25, 0.3) is 0 Å². The number of ether oxygens (including phenoxy) is 1. The quantitative estimate of drug-likeness (QED) is 0.658. The molecule has 0 unspecified atom stereocenters. The SMILES string of the molecule is COCc1ccc(CN=C(N)Nc2ccc3c(c2)CCC3)cc1. The van der Waals surface area contributed by atoms with Crippen LogP contribution in [-0.4, -0.2) is 13.1 Å². The Balaban J connectivity index is 1.59. The minimum atomic E-state index is 0.448. The minimum Gasteiger partial charge on any atom is -0.380 e. The first-order valence-electron chi connectivity index (χ1n) is 8.00. The monoisotopic (exact) mass is 309 g/mol. The fourth-order valence-corrected chi connectivity index (χ4v) is 2.92. The number of rotatable bonds is 5. The molecule has 0 heterocycles. The van der Waals surface area contributed by atoms with E-state index in [9.17, 15) is 0 Å². The highest BCUT2D eigenvalue weighted by molar-refractivity contribution is 5.92. The van der Waals surface area contributed by atoms with E-state index >= 15 is 0 Å². The van der Waals surface area contributed by atoms with Crippen molar-refractivity contribution in [1.29, 1.82) is 0 Å². The van der Waals surface area contributed by atoms with Crippen molar-refractivity contribution in [2.75, 3.05) is 12.4 Å². The molecule has 120 valence electrons. The zero-order chi connectivity index (χ0) is 16.1. The number of aryl methyl sites for hydroxylation is 2. The zero-order valence-corrected chi connectivity index (χ0v) is 13.5. The number of hydrogen-bond acceptors (Lipinski definition) is 2. The highest BCUT2D eigenvalue weighted by Gasteiger charge is 2.10. The standard InChI is InChI=1S/C19H23N3O/c1-23-13-15-7-5-14(6-8-15)12-21-19(20)22-18-10-9-16-3-2-4-17(16)11-18/h5-11H,2-4,12-13H2,1H3,(H3,20,21,22). The van der Waals surface area contributed by atoms with Crippen molar-refractivity contribution in [3.8, 4) is 0 Å². The molecule has 2 aromatic rings. The Kier molecular flexibility index (Phi) is 4.93. The average Bonchev–Trinajstić information content (AvgIpc) is 3.02. The summed E-state index contributed by atoms with van der Waals surface area (Å²) in [5, 5.41) is 3.18. The molecule has 0 fully saturated rings. The van der Waals surface area contributed by atoms with Crippen LogP contribution in [0.15, 0.2) is 47.5 Å². The molecule has 0 bridgehead atoms. The Bertz CT molecular complexity index is 692. The number of guanidine groups is 1. The molecule has 0 radical (unpaired) electrons. The van der Waals surface area contributed by atoms with Gasteiger partial charge in [0.05, 0.1) is 13.2 Å². The topological polar surface area (TPSA) is 59.6 Å². The largest absolute Gasteiger partial charge is 0.380 e. The van der Waals surface area contributed by atoms with Crippen LogP contribution in [0.4, 0.5) is 5.69 Å². The first-order chi connectivity index (χ1) is 11.2. The lowest BCUT2D eigenvalue weighted by Gasteiger charge is -2.08. The molecule has 0 spiro atoms. The molecular formula is C19H23N3O. The van der Waals surface area contributed by atoms with Gasteiger partial charge in [0.15, 0.2) is 5.96 Å². The highest BCUT2D eigenvalue weighted by atomic mass is 16.5. The number of fused-ring (bicyclic) bond motifs is 1. The number of nitrogens with one attached hydrogen (secondary N) is 1. The fraction of sp³-hybridized carbons (Fsp3) is 0.316. The van der Waals surface area contributed by atoms with E-state index in [0.29, 0.717) is 19.1 Å². The summed E-state index contributed by atoms with van der Waals surface area (Å²) < 4.78 is 5.11. The van der Waals surface area contributed by atoms with Gasteiger partial charge in [-0.25, -0.2) is 4.99 Å². The van der Waals surface area contributed by atoms with Crippen LogP contribution in [-0.2, 0) is 30.7 Å². The normalized spacial score (nSPS) is 13.9. The molecule has 4 nitrogen and oxygen atoms in total. The lowest BCUT2D eigenvalue weighted by Crippen LogP contribution is -2.22. The van der Waals surface area contributed by atoms with Crippen molar-refractivity contribution in [2.45, 2.75) is 32.4 Å². The predicted octanol–water partition coefficient (Wildman–Crippen LogP) is 3.25. The van der Waals surface area contributed by atoms with E-state index < -0.39 is 0 Å². The summed E-state index contributed by atoms with van der Waals surface area (Å²) >= 11 is 0. The van der Waals surface area contributed by atoms with Gasteiger partial charge in [-0.15, -0.1) is 0 Å². The summed E-state index contributed by atoms with van der Waals surface area (Å²) in [5.74, 6) is 0.448. The van der Waals surface area contributed by atoms with E-state index in [1.165, 1.54) is 24.0 Å². The van der Waals surface area contributed by atoms with Gasteiger partial charge in [0, 0.05) is 12.8 Å². The Morgan fingerprint density at radius 1 is 1.09 bits per heavy atom. The van der Waals surface area contributed by atoms with E-state index in [1.807, 2.05) is 0 Å². The molecule has 0 saturated carbocycles. The summed E-state index contributed by atoms with van der Waals surface area (Å²) in [7, 11) is 1.70. The summed E-state index contributed by atoms with van der Waals surface area (Å²) in [6.07, 6.45) is 3.61. The van der Waals surface area contributed by atoms with Crippen molar-refractivity contribution in [2.24, 2.45) is 10.7 Å². The van der Waals surface area contributed by atoms with E-state index in [2.05, 4.69) is 52.8 Å². The fourth-order valence-electron chi connectivity index (χ4n) is 2.92. The Morgan fingerprint density at radius 3 is 2.61 bits per heavy atom. The summed E-state index contributed by atoms with van der Waals surface area (Å²) in [6, 6.07) is 14.7. The molecule has 0 atom stereocenters. The van der Waals surface area contributed by atoms with Crippen LogP contribution in [0.2, 0.25) is 0 Å². The number of methoxy groups -OCH3 is 1. The molecule has 0 aliphatic heterocycles. The second kappa shape index (κ2) is 7.29. The first-order valence-corrected chi connectivity index (χ1v) is 8.00. The van der Waals surface area contributed by atoms with Gasteiger partial charge in [-0.2, -0.15) is 0 Å². The molecule has 0 saturated heterocycles. The number of benzene rings is 2. The number of nitrogens with zero attached hydrogens (tertiary/aromatic N) is 1. The van der Waals surface area contributed by atoms with Crippen LogP contribution < -0.4 is 11.1 Å². The first kappa shape index (κ1) is 15.6. The van der Waals surface area contributed by atoms with Crippen LogP contribution in [0.5, 0.6) is 0 Å². The van der Waals surface area contributed by atoms with E-state index in [-0.39, 0.29) is 0 Å². The molecular weight excluding hydrogens is 286 g/mol. The van der Waals surface area contributed by atoms with Crippen LogP contribution >= 0.6 is 0 Å². The predicted molar refractivity (Wildman–Crippen MR) is 94.6 cm³/mol. The summed E-state index contributed by atoms with van der Waals surface area (Å²) in [5.41, 5.74) is 12.2. The van der Waals surface area contributed by atoms with Crippen molar-refractivity contribution in [3.05, 3.63) is 64.7 Å². The number of anilines is 1. The van der Waals surface area contributed by atoms with Crippen LogP contribution in [0.25, 0.3) is 0 Å². The summed E-state index contributed by atoms with van der Waals surface area (Å²) in [6.45, 7) is 1.20. The van der Waals surface area contributed by atoms with Crippen molar-refractivity contribution >= 4 is 11.6 Å². The molecule has 3 rings (SSSR count). The number of hydrogen-bond donors (Lipinski definition) is 2. The van der Waals surface area contributed by atoms with Gasteiger partial charge >= 0.3 is 0 Å². The Hall–Kier alpha value is -2.33. The second-order valence-electron chi connectivity index (χ2n) is 5.91. The van der Waals surface area contributed by atoms with Crippen molar-refractivity contribution < 1.29 is 4.74 Å². The molecule has 1 aliphatic carbocycles. The van der Waals surface area contributed by atoms with Gasteiger partial charge in [-0.3, -0.25) is 0 Å². The number of nitrogens with two attached hydrogens (primary N) is 1. The lowest BCUT2D eigenvalue weighted by atomic mass is 10.1. The third-order valence-corrected chi connectivity index (χ3v) is 4.14. The number of aliphatic imine (C=N–C) groups is 1. The van der Waals surface area contributed by atoms with E-state index in [0.717, 1.165) is 23.2 Å². The maximum Gasteiger partial charge on any atom is 0.193 e. The lowest BCUT2D eigenvalue weighted by molar-refractivity contribution is 0.185. The molecule has 0 amide bonds. The molecule has 23 heavy (non-hydrogen) atoms. The van der Waals surface area contributed by atoms with Gasteiger partial charge < -0.3 is 15.8 Å². The van der Waals surface area contributed by atoms with Gasteiger partial charge in [-0.05, 0) is 53.6 Å². The van der Waals surface area contributed by atoms with Gasteiger partial charge in [-0.1, -0.05) is 30.3 Å². The molecule has 2 aromatic carbocycles. The molecule has 1 aliphatic rings. The van der Waals surface area contributed by atoms with E-state index in [1.54, 1.807) is 7.11 Å². The third kappa shape index (κ3) is 4.11. The maximum atomic E-state index is 6.00. The summed E-state index contributed by atoms with van der Waals surface area (Å²) in [4.78, 5) is 4.41. The second-order valence-corrected chi connectivity index (χ2v) is 5.91. The average molecular weight is 309 g/mol. The molecule has 0 aromatic heterocycles. The zero-order valence-electron chi connectivity index (χ0n) is 13.5. The van der Waals surface area contributed by atoms with Crippen LogP contribution in [0.1, 0.15) is 28.7 Å². The Labute approximate surface area is 137 Å². The highest BCUT2D eigenvalue weighted by Crippen LogP contribution is 2.24. The van der Waals surface area contributed by atoms with E-state index in [4.69, 9.17) is 10.5 Å². The van der Waals surface area contributed by atoms with Crippen LogP contribution in [0.3, 0.4) is 0 Å². The van der Waals surface area contributed by atoms with Crippen molar-refractivity contribution in [3.63, 3.8) is 0 Å². The third-order valence-electron chi connectivity index (χ3n) is 4.14. The molecule has 3 N–H and O–H groups in total. The van der Waals surface area contributed by atoms with Gasteiger partial charge in [0.1, 0.15) is 0 Å². The van der Waals surface area contributed by atoms with Crippen LogP contribution in [0, 0.1) is 0 Å².